The standard InChI is InChI=1S/C26H34N2Se2/c1-9-23(17-27(7)25-19(3)13-11-14-20(25)4)29-30-24(10-2)18-28(8)26-21(5)15-12-16-22(26)6/h9-18H,1-8H3/q+2/b23-9+,24-10+,27-17?,28-18?. The van der Waals surface area contributed by atoms with Gasteiger partial charge in [-0.15, -0.1) is 0 Å². The van der Waals surface area contributed by atoms with E-state index in [1.807, 2.05) is 0 Å². The van der Waals surface area contributed by atoms with Crippen LogP contribution in [-0.4, -0.2) is 61.9 Å². The Morgan fingerprint density at radius 1 is 0.633 bits per heavy atom. The summed E-state index contributed by atoms with van der Waals surface area (Å²) in [6.07, 6.45) is 9.18. The number of nitrogens with zero attached hydrogens (tertiary/aromatic N) is 2. The van der Waals surface area contributed by atoms with Crippen molar-refractivity contribution in [3.63, 3.8) is 0 Å². The molecule has 0 saturated carbocycles. The maximum atomic E-state index is 2.32. The van der Waals surface area contributed by atoms with E-state index in [4.69, 9.17) is 0 Å². The zero-order chi connectivity index (χ0) is 22.3. The molecule has 0 amide bonds. The van der Waals surface area contributed by atoms with E-state index in [1.165, 1.54) is 42.6 Å². The van der Waals surface area contributed by atoms with Gasteiger partial charge in [-0.3, -0.25) is 0 Å². The van der Waals surface area contributed by atoms with Crippen LogP contribution in [0.2, 0.25) is 0 Å². The summed E-state index contributed by atoms with van der Waals surface area (Å²) in [5, 5.41) is 0. The van der Waals surface area contributed by atoms with Crippen molar-refractivity contribution in [3.05, 3.63) is 79.7 Å². The van der Waals surface area contributed by atoms with Crippen molar-refractivity contribution in [2.45, 2.75) is 41.5 Å². The molecule has 2 aromatic carbocycles. The average Bonchev–Trinajstić information content (AvgIpc) is 2.69. The van der Waals surface area contributed by atoms with Crippen molar-refractivity contribution in [3.8, 4) is 0 Å². The molecule has 0 radical (unpaired) electrons. The summed E-state index contributed by atoms with van der Waals surface area (Å²) in [5.41, 5.74) is 7.90. The van der Waals surface area contributed by atoms with E-state index in [2.05, 4.69) is 126 Å². The Balaban J connectivity index is 2.19. The van der Waals surface area contributed by atoms with E-state index in [1.54, 1.807) is 0 Å². The first-order valence-electron chi connectivity index (χ1n) is 10.2. The first-order valence-corrected chi connectivity index (χ1v) is 16.3. The van der Waals surface area contributed by atoms with Crippen LogP contribution in [-0.2, 0) is 0 Å². The molecular weight excluding hydrogens is 498 g/mol. The van der Waals surface area contributed by atoms with E-state index < -0.39 is 0 Å². The molecule has 0 aliphatic heterocycles. The first-order chi connectivity index (χ1) is 14.3. The van der Waals surface area contributed by atoms with Gasteiger partial charge in [-0.25, -0.2) is 0 Å². The van der Waals surface area contributed by atoms with Crippen LogP contribution in [0.3, 0.4) is 0 Å². The SMILES string of the molecule is C/C=C(\C=[N+](C)c1c(C)cccc1C)[Se][Se]/C(C=[N+](C)c1c(C)cccc1C)=C/C. The number of rotatable bonds is 7. The van der Waals surface area contributed by atoms with Crippen molar-refractivity contribution >= 4 is 50.1 Å². The molecule has 0 aliphatic rings. The van der Waals surface area contributed by atoms with Crippen molar-refractivity contribution in [1.82, 2.24) is 0 Å². The average molecular weight is 532 g/mol. The molecule has 0 N–H and O–H groups in total. The van der Waals surface area contributed by atoms with Gasteiger partial charge in [0.25, 0.3) is 0 Å². The van der Waals surface area contributed by atoms with Crippen LogP contribution in [0.5, 0.6) is 0 Å². The summed E-state index contributed by atoms with van der Waals surface area (Å²) in [7, 11) is 4.33. The maximum absolute atomic E-state index is 2.32. The Hall–Kier alpha value is -1.70. The molecule has 0 saturated heterocycles. The Labute approximate surface area is 194 Å². The zero-order valence-electron chi connectivity index (χ0n) is 19.5. The van der Waals surface area contributed by atoms with E-state index >= 15 is 0 Å². The molecule has 30 heavy (non-hydrogen) atoms. The predicted molar refractivity (Wildman–Crippen MR) is 135 cm³/mol. The zero-order valence-corrected chi connectivity index (χ0v) is 22.9. The van der Waals surface area contributed by atoms with Crippen molar-refractivity contribution < 1.29 is 9.15 Å². The van der Waals surface area contributed by atoms with Crippen LogP contribution in [0.15, 0.2) is 57.5 Å². The fourth-order valence-corrected chi connectivity index (χ4v) is 10.4. The van der Waals surface area contributed by atoms with Gasteiger partial charge in [0.15, 0.2) is 0 Å². The number of allylic oxidation sites excluding steroid dienone is 4. The number of benzene rings is 2. The molecule has 0 unspecified atom stereocenters. The van der Waals surface area contributed by atoms with E-state index in [9.17, 15) is 0 Å². The molecule has 2 nitrogen and oxygen atoms in total. The van der Waals surface area contributed by atoms with Gasteiger partial charge in [-0.2, -0.15) is 0 Å². The minimum atomic E-state index is 0.437. The van der Waals surface area contributed by atoms with Crippen LogP contribution < -0.4 is 0 Å². The molecular formula is C26H34N2Se2+2. The van der Waals surface area contributed by atoms with Crippen LogP contribution in [0.1, 0.15) is 36.1 Å². The third-order valence-electron chi connectivity index (χ3n) is 5.03. The summed E-state index contributed by atoms with van der Waals surface area (Å²) in [4.78, 5) is 0. The Kier molecular flexibility index (Phi) is 9.52. The molecule has 0 aliphatic carbocycles. The second kappa shape index (κ2) is 11.6. The van der Waals surface area contributed by atoms with Crippen molar-refractivity contribution in [1.29, 1.82) is 0 Å². The summed E-state index contributed by atoms with van der Waals surface area (Å²) in [5.74, 6) is 0. The normalized spacial score (nSPS) is 13.7. The van der Waals surface area contributed by atoms with Crippen LogP contribution >= 0.6 is 0 Å². The molecule has 0 aromatic heterocycles. The number of para-hydroxylation sites is 2. The van der Waals surface area contributed by atoms with Gasteiger partial charge in [-0.05, 0) is 0 Å². The van der Waals surface area contributed by atoms with Crippen LogP contribution in [0.25, 0.3) is 0 Å². The van der Waals surface area contributed by atoms with Crippen molar-refractivity contribution in [2.24, 2.45) is 0 Å². The summed E-state index contributed by atoms with van der Waals surface area (Å²) >= 11 is 0.874. The second-order valence-electron chi connectivity index (χ2n) is 7.51. The summed E-state index contributed by atoms with van der Waals surface area (Å²) in [6.45, 7) is 13.1. The quantitative estimate of drug-likeness (QED) is 0.255. The van der Waals surface area contributed by atoms with Gasteiger partial charge < -0.3 is 0 Å². The topological polar surface area (TPSA) is 6.02 Å². The monoisotopic (exact) mass is 534 g/mol. The van der Waals surface area contributed by atoms with Gasteiger partial charge in [-0.1, -0.05) is 0 Å². The third-order valence-corrected chi connectivity index (χ3v) is 12.5. The van der Waals surface area contributed by atoms with E-state index in [-0.39, 0.29) is 0 Å². The first kappa shape index (κ1) is 24.6. The van der Waals surface area contributed by atoms with Crippen molar-refractivity contribution in [2.75, 3.05) is 14.1 Å². The summed E-state index contributed by atoms with van der Waals surface area (Å²) < 4.78 is 7.46. The Morgan fingerprint density at radius 2 is 0.933 bits per heavy atom. The van der Waals surface area contributed by atoms with Gasteiger partial charge >= 0.3 is 195 Å². The number of hydrogen-bond acceptors (Lipinski definition) is 0. The van der Waals surface area contributed by atoms with E-state index in [0.717, 1.165) is 0 Å². The van der Waals surface area contributed by atoms with Gasteiger partial charge in [0, 0.05) is 0 Å². The van der Waals surface area contributed by atoms with Crippen LogP contribution in [0.4, 0.5) is 11.4 Å². The Bertz CT molecular complexity index is 903. The van der Waals surface area contributed by atoms with Gasteiger partial charge in [0.05, 0.1) is 0 Å². The van der Waals surface area contributed by atoms with E-state index in [0.29, 0.717) is 26.3 Å². The number of hydrogen-bond donors (Lipinski definition) is 0. The molecule has 0 heterocycles. The van der Waals surface area contributed by atoms with Gasteiger partial charge in [0.1, 0.15) is 0 Å². The fraction of sp³-hybridized carbons (Fsp3) is 0.308. The fourth-order valence-electron chi connectivity index (χ4n) is 3.62. The Morgan fingerprint density at radius 3 is 1.20 bits per heavy atom. The predicted octanol–water partition coefficient (Wildman–Crippen LogP) is 5.44. The third kappa shape index (κ3) is 6.40. The molecule has 0 fully saturated rings. The summed E-state index contributed by atoms with van der Waals surface area (Å²) in [6, 6.07) is 13.0. The number of aryl methyl sites for hydroxylation is 4. The molecule has 0 bridgehead atoms. The van der Waals surface area contributed by atoms with Crippen LogP contribution in [0, 0.1) is 27.7 Å². The molecule has 158 valence electrons. The molecule has 0 spiro atoms. The molecule has 0 atom stereocenters. The van der Waals surface area contributed by atoms with Gasteiger partial charge in [0.2, 0.25) is 0 Å². The molecule has 4 heteroatoms. The second-order valence-corrected chi connectivity index (χ2v) is 13.8. The molecule has 2 rings (SSSR count). The molecule has 2 aromatic rings. The minimum absolute atomic E-state index is 0.437.